The highest BCUT2D eigenvalue weighted by Crippen LogP contribution is 2.35. The molecule has 2 N–H and O–H groups in total. The number of halogens is 2. The van der Waals surface area contributed by atoms with Crippen LogP contribution in [0, 0.1) is 5.82 Å². The largest absolute Gasteiger partial charge is 0.324 e. The SMILES string of the molecule is NC1CCc2c(Br)ccc(F)c21. The first-order chi connectivity index (χ1) is 5.70. The van der Waals surface area contributed by atoms with Crippen molar-refractivity contribution in [2.24, 2.45) is 5.73 Å². The van der Waals surface area contributed by atoms with E-state index in [2.05, 4.69) is 15.9 Å². The minimum atomic E-state index is -0.168. The zero-order valence-electron chi connectivity index (χ0n) is 6.48. The average Bonchev–Trinajstić information content (AvgIpc) is 2.42. The van der Waals surface area contributed by atoms with Gasteiger partial charge in [-0.2, -0.15) is 0 Å². The second kappa shape index (κ2) is 2.82. The Morgan fingerprint density at radius 1 is 1.50 bits per heavy atom. The van der Waals surface area contributed by atoms with E-state index >= 15 is 0 Å². The van der Waals surface area contributed by atoms with Gasteiger partial charge in [0.25, 0.3) is 0 Å². The van der Waals surface area contributed by atoms with Crippen LogP contribution in [0.1, 0.15) is 23.6 Å². The van der Waals surface area contributed by atoms with E-state index in [0.717, 1.165) is 22.9 Å². The van der Waals surface area contributed by atoms with Crippen molar-refractivity contribution in [1.82, 2.24) is 0 Å². The van der Waals surface area contributed by atoms with E-state index in [4.69, 9.17) is 5.73 Å². The molecule has 0 radical (unpaired) electrons. The average molecular weight is 230 g/mol. The number of rotatable bonds is 0. The molecule has 1 aromatic rings. The third-order valence-electron chi connectivity index (χ3n) is 2.32. The maximum atomic E-state index is 13.2. The fraction of sp³-hybridized carbons (Fsp3) is 0.333. The van der Waals surface area contributed by atoms with E-state index in [0.29, 0.717) is 5.56 Å². The minimum Gasteiger partial charge on any atom is -0.324 e. The van der Waals surface area contributed by atoms with Gasteiger partial charge in [-0.05, 0) is 30.5 Å². The Morgan fingerprint density at radius 2 is 2.25 bits per heavy atom. The van der Waals surface area contributed by atoms with Crippen LogP contribution in [0.2, 0.25) is 0 Å². The van der Waals surface area contributed by atoms with E-state index in [1.807, 2.05) is 0 Å². The zero-order chi connectivity index (χ0) is 8.72. The molecule has 0 fully saturated rings. The van der Waals surface area contributed by atoms with Crippen molar-refractivity contribution in [3.8, 4) is 0 Å². The van der Waals surface area contributed by atoms with Gasteiger partial charge in [0.15, 0.2) is 0 Å². The van der Waals surface area contributed by atoms with Gasteiger partial charge in [0.2, 0.25) is 0 Å². The van der Waals surface area contributed by atoms with Gasteiger partial charge in [-0.3, -0.25) is 0 Å². The second-order valence-corrected chi connectivity index (χ2v) is 3.92. The fourth-order valence-corrected chi connectivity index (χ4v) is 2.25. The highest BCUT2D eigenvalue weighted by atomic mass is 79.9. The molecule has 1 aliphatic carbocycles. The molecule has 0 heterocycles. The lowest BCUT2D eigenvalue weighted by Gasteiger charge is -2.06. The molecule has 0 aromatic heterocycles. The molecule has 0 amide bonds. The van der Waals surface area contributed by atoms with Crippen LogP contribution in [0.5, 0.6) is 0 Å². The molecule has 1 aromatic carbocycles. The van der Waals surface area contributed by atoms with Gasteiger partial charge in [-0.1, -0.05) is 15.9 Å². The lowest BCUT2D eigenvalue weighted by atomic mass is 10.1. The molecule has 1 nitrogen and oxygen atoms in total. The Labute approximate surface area is 78.9 Å². The summed E-state index contributed by atoms with van der Waals surface area (Å²) in [6.45, 7) is 0. The third kappa shape index (κ3) is 1.08. The highest BCUT2D eigenvalue weighted by Gasteiger charge is 2.24. The standard InChI is InChI=1S/C9H9BrFN/c10-6-2-3-7(11)9-5(6)1-4-8(9)12/h2-3,8H,1,4,12H2. The second-order valence-electron chi connectivity index (χ2n) is 3.07. The van der Waals surface area contributed by atoms with Gasteiger partial charge in [0.05, 0.1) is 0 Å². The van der Waals surface area contributed by atoms with Crippen LogP contribution in [0.25, 0.3) is 0 Å². The molecule has 1 unspecified atom stereocenters. The first-order valence-electron chi connectivity index (χ1n) is 3.92. The van der Waals surface area contributed by atoms with E-state index < -0.39 is 0 Å². The summed E-state index contributed by atoms with van der Waals surface area (Å²) in [7, 11) is 0. The minimum absolute atomic E-state index is 0.113. The first kappa shape index (κ1) is 8.20. The Kier molecular flexibility index (Phi) is 1.93. The van der Waals surface area contributed by atoms with Crippen molar-refractivity contribution in [2.45, 2.75) is 18.9 Å². The predicted molar refractivity (Wildman–Crippen MR) is 49.3 cm³/mol. The van der Waals surface area contributed by atoms with Gasteiger partial charge < -0.3 is 5.73 Å². The summed E-state index contributed by atoms with van der Waals surface area (Å²) in [6, 6.07) is 3.10. The van der Waals surface area contributed by atoms with Gasteiger partial charge in [-0.25, -0.2) is 4.39 Å². The lowest BCUT2D eigenvalue weighted by Crippen LogP contribution is -2.07. The number of benzene rings is 1. The number of nitrogens with two attached hydrogens (primary N) is 1. The van der Waals surface area contributed by atoms with Crippen LogP contribution in [0.3, 0.4) is 0 Å². The monoisotopic (exact) mass is 229 g/mol. The molecule has 1 atom stereocenters. The molecule has 2 rings (SSSR count). The number of fused-ring (bicyclic) bond motifs is 1. The van der Waals surface area contributed by atoms with Crippen LogP contribution in [-0.2, 0) is 6.42 Å². The number of hydrogen-bond acceptors (Lipinski definition) is 1. The highest BCUT2D eigenvalue weighted by molar-refractivity contribution is 9.10. The Morgan fingerprint density at radius 3 is 2.92 bits per heavy atom. The van der Waals surface area contributed by atoms with Crippen molar-refractivity contribution >= 4 is 15.9 Å². The van der Waals surface area contributed by atoms with Crippen molar-refractivity contribution in [3.05, 3.63) is 33.5 Å². The molecule has 0 spiro atoms. The summed E-state index contributed by atoms with van der Waals surface area (Å²) in [5.74, 6) is -0.168. The van der Waals surface area contributed by atoms with Gasteiger partial charge in [-0.15, -0.1) is 0 Å². The molecule has 0 saturated heterocycles. The molecule has 0 bridgehead atoms. The fourth-order valence-electron chi connectivity index (χ4n) is 1.71. The summed E-state index contributed by atoms with van der Waals surface area (Å²) in [6.07, 6.45) is 1.74. The van der Waals surface area contributed by atoms with Crippen molar-refractivity contribution in [2.75, 3.05) is 0 Å². The maximum Gasteiger partial charge on any atom is 0.128 e. The summed E-state index contributed by atoms with van der Waals surface area (Å²) in [4.78, 5) is 0. The van der Waals surface area contributed by atoms with E-state index in [1.165, 1.54) is 6.07 Å². The molecular weight excluding hydrogens is 221 g/mol. The van der Waals surface area contributed by atoms with Crippen LogP contribution in [-0.4, -0.2) is 0 Å². The van der Waals surface area contributed by atoms with E-state index in [1.54, 1.807) is 6.07 Å². The molecule has 3 heteroatoms. The van der Waals surface area contributed by atoms with Crippen molar-refractivity contribution in [3.63, 3.8) is 0 Å². The zero-order valence-corrected chi connectivity index (χ0v) is 8.07. The normalized spacial score (nSPS) is 21.1. The van der Waals surface area contributed by atoms with E-state index in [-0.39, 0.29) is 11.9 Å². The Bertz CT molecular complexity index is 325. The molecule has 0 aliphatic heterocycles. The maximum absolute atomic E-state index is 13.2. The molecule has 1 aliphatic rings. The van der Waals surface area contributed by atoms with E-state index in [9.17, 15) is 4.39 Å². The van der Waals surface area contributed by atoms with Crippen molar-refractivity contribution in [1.29, 1.82) is 0 Å². The third-order valence-corrected chi connectivity index (χ3v) is 3.07. The summed E-state index contributed by atoms with van der Waals surface area (Å²) < 4.78 is 14.2. The number of hydrogen-bond donors (Lipinski definition) is 1. The topological polar surface area (TPSA) is 26.0 Å². The summed E-state index contributed by atoms with van der Waals surface area (Å²) >= 11 is 3.39. The van der Waals surface area contributed by atoms with Crippen LogP contribution in [0.15, 0.2) is 16.6 Å². The molecular formula is C9H9BrFN. The van der Waals surface area contributed by atoms with Gasteiger partial charge in [0, 0.05) is 16.1 Å². The van der Waals surface area contributed by atoms with Crippen LogP contribution < -0.4 is 5.73 Å². The molecule has 0 saturated carbocycles. The van der Waals surface area contributed by atoms with Crippen LogP contribution in [0.4, 0.5) is 4.39 Å². The van der Waals surface area contributed by atoms with Gasteiger partial charge in [0.1, 0.15) is 5.82 Å². The lowest BCUT2D eigenvalue weighted by molar-refractivity contribution is 0.588. The summed E-state index contributed by atoms with van der Waals surface area (Å²) in [5.41, 5.74) is 7.50. The quantitative estimate of drug-likeness (QED) is 0.728. The first-order valence-corrected chi connectivity index (χ1v) is 4.72. The van der Waals surface area contributed by atoms with Crippen molar-refractivity contribution < 1.29 is 4.39 Å². The predicted octanol–water partition coefficient (Wildman–Crippen LogP) is 2.53. The Balaban J connectivity index is 2.64. The Hall–Kier alpha value is -0.410. The molecule has 64 valence electrons. The summed E-state index contributed by atoms with van der Waals surface area (Å²) in [5, 5.41) is 0. The van der Waals surface area contributed by atoms with Gasteiger partial charge >= 0.3 is 0 Å². The smallest absolute Gasteiger partial charge is 0.128 e. The van der Waals surface area contributed by atoms with Crippen LogP contribution >= 0.6 is 15.9 Å². The molecule has 12 heavy (non-hydrogen) atoms.